The van der Waals surface area contributed by atoms with Gasteiger partial charge in [-0.05, 0) is 17.2 Å². The van der Waals surface area contributed by atoms with Crippen LogP contribution in [0.15, 0.2) is 76.1 Å². The molecule has 0 saturated heterocycles. The number of hydrogen-bond acceptors (Lipinski definition) is 4. The van der Waals surface area contributed by atoms with Gasteiger partial charge in [0.15, 0.2) is 5.76 Å². The van der Waals surface area contributed by atoms with E-state index in [2.05, 4.69) is 12.1 Å². The Bertz CT molecular complexity index is 1010. The average Bonchev–Trinajstić information content (AvgIpc) is 3.08. The monoisotopic (exact) mass is 347 g/mol. The van der Waals surface area contributed by atoms with E-state index in [0.717, 1.165) is 16.8 Å². The van der Waals surface area contributed by atoms with Gasteiger partial charge in [-0.25, -0.2) is 0 Å². The lowest BCUT2D eigenvalue weighted by molar-refractivity contribution is 0.0959. The molecule has 4 rings (SSSR count). The second kappa shape index (κ2) is 6.52. The molecule has 0 unspecified atom stereocenters. The number of anilines is 1. The zero-order valence-corrected chi connectivity index (χ0v) is 14.2. The van der Waals surface area contributed by atoms with Crippen molar-refractivity contribution < 1.29 is 13.9 Å². The van der Waals surface area contributed by atoms with Gasteiger partial charge in [0.05, 0.1) is 7.11 Å². The summed E-state index contributed by atoms with van der Waals surface area (Å²) in [4.78, 5) is 26.6. The molecule has 5 heteroatoms. The van der Waals surface area contributed by atoms with Crippen LogP contribution in [0, 0.1) is 0 Å². The highest BCUT2D eigenvalue weighted by molar-refractivity contribution is 6.05. The van der Waals surface area contributed by atoms with Crippen LogP contribution in [0.2, 0.25) is 0 Å². The molecule has 1 atom stereocenters. The van der Waals surface area contributed by atoms with Crippen molar-refractivity contribution in [2.75, 3.05) is 18.6 Å². The summed E-state index contributed by atoms with van der Waals surface area (Å²) in [5.74, 6) is -0.179. The number of ether oxygens (including phenoxy) is 1. The van der Waals surface area contributed by atoms with Crippen molar-refractivity contribution in [2.45, 2.75) is 5.92 Å². The SMILES string of the molecule is COc1coc(C(=O)N2C[C@@H](c3ccccc3)c3ccccc32)cc1=O. The summed E-state index contributed by atoms with van der Waals surface area (Å²) in [7, 11) is 1.38. The van der Waals surface area contributed by atoms with Crippen molar-refractivity contribution in [1.82, 2.24) is 0 Å². The van der Waals surface area contributed by atoms with Crippen LogP contribution >= 0.6 is 0 Å². The van der Waals surface area contributed by atoms with E-state index in [1.165, 1.54) is 19.4 Å². The number of amides is 1. The minimum Gasteiger partial charge on any atom is -0.490 e. The molecule has 1 amide bonds. The number of benzene rings is 2. The van der Waals surface area contributed by atoms with E-state index in [4.69, 9.17) is 9.15 Å². The molecule has 0 bridgehead atoms. The molecule has 0 saturated carbocycles. The van der Waals surface area contributed by atoms with E-state index < -0.39 is 0 Å². The molecule has 5 nitrogen and oxygen atoms in total. The quantitative estimate of drug-likeness (QED) is 0.728. The summed E-state index contributed by atoms with van der Waals surface area (Å²) in [6.45, 7) is 0.498. The Kier molecular flexibility index (Phi) is 4.05. The third-order valence-electron chi connectivity index (χ3n) is 4.64. The lowest BCUT2D eigenvalue weighted by Gasteiger charge is -2.17. The van der Waals surface area contributed by atoms with Crippen molar-refractivity contribution in [2.24, 2.45) is 0 Å². The van der Waals surface area contributed by atoms with E-state index in [9.17, 15) is 9.59 Å². The normalized spacial score (nSPS) is 15.6. The average molecular weight is 347 g/mol. The summed E-state index contributed by atoms with van der Waals surface area (Å²) >= 11 is 0. The van der Waals surface area contributed by atoms with Gasteiger partial charge in [0.1, 0.15) is 6.26 Å². The third kappa shape index (κ3) is 2.67. The van der Waals surface area contributed by atoms with Crippen molar-refractivity contribution in [3.8, 4) is 5.75 Å². The molecule has 1 aliphatic heterocycles. The molecule has 0 spiro atoms. The summed E-state index contributed by atoms with van der Waals surface area (Å²) in [6, 6.07) is 19.1. The molecule has 1 aliphatic rings. The highest BCUT2D eigenvalue weighted by Crippen LogP contribution is 2.40. The van der Waals surface area contributed by atoms with E-state index >= 15 is 0 Å². The molecule has 26 heavy (non-hydrogen) atoms. The lowest BCUT2D eigenvalue weighted by Crippen LogP contribution is -2.30. The van der Waals surface area contributed by atoms with Crippen LogP contribution in [0.3, 0.4) is 0 Å². The van der Waals surface area contributed by atoms with Crippen LogP contribution in [-0.4, -0.2) is 19.6 Å². The summed E-state index contributed by atoms with van der Waals surface area (Å²) in [5, 5.41) is 0. The van der Waals surface area contributed by atoms with Gasteiger partial charge < -0.3 is 14.1 Å². The van der Waals surface area contributed by atoms with Gasteiger partial charge in [0.2, 0.25) is 11.2 Å². The standard InChI is InChI=1S/C21H17NO4/c1-25-20-13-26-19(11-18(20)23)21(24)22-12-16(14-7-3-2-4-8-14)15-9-5-6-10-17(15)22/h2-11,13,16H,12H2,1H3/t16-/m0/s1. The van der Waals surface area contributed by atoms with Gasteiger partial charge in [-0.15, -0.1) is 0 Å². The zero-order valence-electron chi connectivity index (χ0n) is 14.2. The van der Waals surface area contributed by atoms with Crippen LogP contribution in [0.4, 0.5) is 5.69 Å². The maximum atomic E-state index is 13.0. The first kappa shape index (κ1) is 16.1. The number of para-hydroxylation sites is 1. The topological polar surface area (TPSA) is 59.8 Å². The number of fused-ring (bicyclic) bond motifs is 1. The Morgan fingerprint density at radius 3 is 2.58 bits per heavy atom. The number of methoxy groups -OCH3 is 1. The van der Waals surface area contributed by atoms with E-state index in [1.54, 1.807) is 4.90 Å². The van der Waals surface area contributed by atoms with Crippen LogP contribution < -0.4 is 15.1 Å². The molecule has 130 valence electrons. The van der Waals surface area contributed by atoms with Crippen molar-refractivity contribution >= 4 is 11.6 Å². The predicted molar refractivity (Wildman–Crippen MR) is 97.9 cm³/mol. The molecule has 0 aliphatic carbocycles. The van der Waals surface area contributed by atoms with Gasteiger partial charge in [-0.2, -0.15) is 0 Å². The second-order valence-corrected chi connectivity index (χ2v) is 6.11. The van der Waals surface area contributed by atoms with Gasteiger partial charge in [-0.1, -0.05) is 48.5 Å². The van der Waals surface area contributed by atoms with Crippen molar-refractivity contribution in [3.63, 3.8) is 0 Å². The van der Waals surface area contributed by atoms with Gasteiger partial charge in [0, 0.05) is 24.2 Å². The number of rotatable bonds is 3. The Morgan fingerprint density at radius 2 is 1.85 bits per heavy atom. The van der Waals surface area contributed by atoms with Crippen LogP contribution in [-0.2, 0) is 0 Å². The maximum Gasteiger partial charge on any atom is 0.294 e. The Labute approximate surface area is 150 Å². The number of carbonyl (C=O) groups is 1. The van der Waals surface area contributed by atoms with E-state index in [1.807, 2.05) is 42.5 Å². The predicted octanol–water partition coefficient (Wildman–Crippen LogP) is 3.44. The smallest absolute Gasteiger partial charge is 0.294 e. The van der Waals surface area contributed by atoms with Gasteiger partial charge >= 0.3 is 0 Å². The molecule has 0 fully saturated rings. The minimum absolute atomic E-state index is 0.000635. The first-order chi connectivity index (χ1) is 12.7. The Morgan fingerprint density at radius 1 is 1.12 bits per heavy atom. The molecule has 0 radical (unpaired) electrons. The Hall–Kier alpha value is -3.34. The molecule has 2 heterocycles. The minimum atomic E-state index is -0.380. The fourth-order valence-corrected chi connectivity index (χ4v) is 3.36. The molecule has 1 aromatic heterocycles. The molecular weight excluding hydrogens is 330 g/mol. The Balaban J connectivity index is 1.72. The number of carbonyl (C=O) groups excluding carboxylic acids is 1. The van der Waals surface area contributed by atoms with E-state index in [-0.39, 0.29) is 28.8 Å². The first-order valence-electron chi connectivity index (χ1n) is 8.31. The highest BCUT2D eigenvalue weighted by Gasteiger charge is 2.34. The fraction of sp³-hybridized carbons (Fsp3) is 0.143. The summed E-state index contributed by atoms with van der Waals surface area (Å²) in [6.07, 6.45) is 1.17. The van der Waals surface area contributed by atoms with E-state index in [0.29, 0.717) is 6.54 Å². The number of nitrogens with zero attached hydrogens (tertiary/aromatic N) is 1. The lowest BCUT2D eigenvalue weighted by atomic mass is 9.93. The fourth-order valence-electron chi connectivity index (χ4n) is 3.36. The molecule has 0 N–H and O–H groups in total. The summed E-state index contributed by atoms with van der Waals surface area (Å²) < 4.78 is 10.2. The number of hydrogen-bond donors (Lipinski definition) is 0. The van der Waals surface area contributed by atoms with Crippen molar-refractivity contribution in [3.05, 3.63) is 94.0 Å². The second-order valence-electron chi connectivity index (χ2n) is 6.11. The highest BCUT2D eigenvalue weighted by atomic mass is 16.5. The molecular formula is C21H17NO4. The zero-order chi connectivity index (χ0) is 18.1. The van der Waals surface area contributed by atoms with Gasteiger partial charge in [0.25, 0.3) is 5.91 Å². The van der Waals surface area contributed by atoms with Crippen LogP contribution in [0.25, 0.3) is 0 Å². The largest absolute Gasteiger partial charge is 0.490 e. The van der Waals surface area contributed by atoms with Crippen LogP contribution in [0.5, 0.6) is 5.75 Å². The molecule has 2 aromatic carbocycles. The maximum absolute atomic E-state index is 13.0. The summed E-state index contributed by atoms with van der Waals surface area (Å²) in [5.41, 5.74) is 2.69. The third-order valence-corrected chi connectivity index (χ3v) is 4.64. The first-order valence-corrected chi connectivity index (χ1v) is 8.31. The van der Waals surface area contributed by atoms with Crippen LogP contribution in [0.1, 0.15) is 27.6 Å². The molecule has 3 aromatic rings. The van der Waals surface area contributed by atoms with Crippen molar-refractivity contribution in [1.29, 1.82) is 0 Å². The van der Waals surface area contributed by atoms with Gasteiger partial charge in [-0.3, -0.25) is 9.59 Å².